The van der Waals surface area contributed by atoms with E-state index in [0.717, 1.165) is 38.5 Å². The molecule has 0 bridgehead atoms. The first-order chi connectivity index (χ1) is 30.0. The maximum Gasteiger partial charge on any atom is 0.306 e. The predicted molar refractivity (Wildman–Crippen MR) is 259 cm³/mol. The lowest BCUT2D eigenvalue weighted by molar-refractivity contribution is -0.870. The molecule has 0 amide bonds. The summed E-state index contributed by atoms with van der Waals surface area (Å²) in [5.41, 5.74) is 0. The quantitative estimate of drug-likeness (QED) is 0.0195. The van der Waals surface area contributed by atoms with E-state index in [2.05, 4.69) is 50.3 Å². The molecule has 0 aliphatic rings. The molecule has 0 heterocycles. The van der Waals surface area contributed by atoms with Gasteiger partial charge in [0.15, 0.2) is 6.10 Å². The number of rotatable bonds is 47. The van der Waals surface area contributed by atoms with Gasteiger partial charge in [-0.15, -0.1) is 0 Å². The third kappa shape index (κ3) is 47.7. The Morgan fingerprint density at radius 2 is 0.887 bits per heavy atom. The summed E-state index contributed by atoms with van der Waals surface area (Å²) in [6.45, 7) is 4.20. The van der Waals surface area contributed by atoms with Gasteiger partial charge >= 0.3 is 11.9 Å². The Balaban J connectivity index is 4.28. The number of nitrogens with zero attached hydrogens (tertiary/aromatic N) is 1. The lowest BCUT2D eigenvalue weighted by Gasteiger charge is -2.28. The van der Waals surface area contributed by atoms with E-state index in [9.17, 15) is 19.0 Å². The van der Waals surface area contributed by atoms with Gasteiger partial charge in [0, 0.05) is 12.8 Å². The van der Waals surface area contributed by atoms with Gasteiger partial charge in [0.05, 0.1) is 27.7 Å². The summed E-state index contributed by atoms with van der Waals surface area (Å²) in [6, 6.07) is 0. The molecule has 0 fully saturated rings. The van der Waals surface area contributed by atoms with Gasteiger partial charge in [-0.25, -0.2) is 0 Å². The highest BCUT2D eigenvalue weighted by atomic mass is 31.2. The van der Waals surface area contributed by atoms with Crippen LogP contribution in [0.4, 0.5) is 0 Å². The maximum absolute atomic E-state index is 12.7. The minimum absolute atomic E-state index is 0.0388. The van der Waals surface area contributed by atoms with Crippen molar-refractivity contribution in [2.24, 2.45) is 0 Å². The Morgan fingerprint density at radius 3 is 1.34 bits per heavy atom. The second kappa shape index (κ2) is 44.4. The van der Waals surface area contributed by atoms with E-state index in [1.807, 2.05) is 21.1 Å². The number of allylic oxidation sites excluding steroid dienone is 6. The molecule has 9 nitrogen and oxygen atoms in total. The van der Waals surface area contributed by atoms with Gasteiger partial charge in [-0.1, -0.05) is 211 Å². The monoisotopic (exact) mass is 896 g/mol. The zero-order chi connectivity index (χ0) is 45.7. The molecular weight excluding hydrogens is 798 g/mol. The van der Waals surface area contributed by atoms with Crippen molar-refractivity contribution in [1.82, 2.24) is 0 Å². The van der Waals surface area contributed by atoms with Crippen LogP contribution in [0.25, 0.3) is 0 Å². The van der Waals surface area contributed by atoms with Crippen molar-refractivity contribution in [3.8, 4) is 0 Å². The lowest BCUT2D eigenvalue weighted by Crippen LogP contribution is -2.37. The van der Waals surface area contributed by atoms with Crippen molar-refractivity contribution in [2.75, 3.05) is 47.5 Å². The fourth-order valence-corrected chi connectivity index (χ4v) is 7.87. The zero-order valence-electron chi connectivity index (χ0n) is 41.1. The summed E-state index contributed by atoms with van der Waals surface area (Å²) in [7, 11) is 1.14. The Kier molecular flexibility index (Phi) is 43.2. The summed E-state index contributed by atoms with van der Waals surface area (Å²) >= 11 is 0. The number of carbonyl (C=O) groups excluding carboxylic acids is 2. The van der Waals surface area contributed by atoms with Crippen LogP contribution in [0.1, 0.15) is 232 Å². The number of esters is 2. The Labute approximate surface area is 382 Å². The third-order valence-corrected chi connectivity index (χ3v) is 12.1. The first kappa shape index (κ1) is 60.2. The van der Waals surface area contributed by atoms with Crippen molar-refractivity contribution in [2.45, 2.75) is 238 Å². The summed E-state index contributed by atoms with van der Waals surface area (Å²) in [5.74, 6) is -0.886. The number of phosphoric ester groups is 1. The van der Waals surface area contributed by atoms with Crippen molar-refractivity contribution in [1.29, 1.82) is 0 Å². The van der Waals surface area contributed by atoms with Gasteiger partial charge < -0.3 is 27.9 Å². The standard InChI is InChI=1S/C52H98NO8P/c1-6-8-10-12-14-16-18-20-22-24-25-26-27-29-30-32-34-36-38-40-42-44-51(54)58-48-50(49-60-62(56,57)59-47-46-53(3,4)5)61-52(55)45-43-41-39-37-35-33-31-28-23-21-19-17-15-13-11-9-7-2/h21,23,31,33,37,39,50H,6-20,22,24-30,32,34-36,38,40-49H2,1-5H3/b23-21-,33-31-,39-37-/t50-/m1/s1. The van der Waals surface area contributed by atoms with Crippen LogP contribution in [0.15, 0.2) is 36.5 Å². The molecule has 10 heteroatoms. The topological polar surface area (TPSA) is 111 Å². The van der Waals surface area contributed by atoms with Gasteiger partial charge in [0.25, 0.3) is 7.82 Å². The summed E-state index contributed by atoms with van der Waals surface area (Å²) in [5, 5.41) is 0. The molecule has 0 aromatic rings. The molecule has 0 rings (SSSR count). The van der Waals surface area contributed by atoms with E-state index in [1.54, 1.807) is 0 Å². The Bertz CT molecular complexity index is 1150. The summed E-state index contributed by atoms with van der Waals surface area (Å²) in [4.78, 5) is 37.7. The second-order valence-corrected chi connectivity index (χ2v) is 20.0. The van der Waals surface area contributed by atoms with Crippen LogP contribution in [0.3, 0.4) is 0 Å². The SMILES string of the molecule is CCCCCCCC/C=C\C/C=C\C/C=C\CCCC(=O)O[C@H](COC(=O)CCCCCCCCCCCCCCCCCCCCCCC)COP(=O)([O-])OCC[N+](C)(C)C. The largest absolute Gasteiger partial charge is 0.756 e. The molecule has 0 saturated heterocycles. The average molecular weight is 896 g/mol. The number of hydrogen-bond acceptors (Lipinski definition) is 8. The van der Waals surface area contributed by atoms with E-state index in [0.29, 0.717) is 23.9 Å². The van der Waals surface area contributed by atoms with Crippen LogP contribution in [0, 0.1) is 0 Å². The van der Waals surface area contributed by atoms with E-state index in [1.165, 1.54) is 154 Å². The fraction of sp³-hybridized carbons (Fsp3) is 0.846. The van der Waals surface area contributed by atoms with Crippen LogP contribution in [-0.2, 0) is 32.7 Å². The molecule has 2 atom stereocenters. The van der Waals surface area contributed by atoms with E-state index < -0.39 is 32.5 Å². The minimum Gasteiger partial charge on any atom is -0.756 e. The zero-order valence-corrected chi connectivity index (χ0v) is 42.0. The summed E-state index contributed by atoms with van der Waals surface area (Å²) < 4.78 is 34.0. The van der Waals surface area contributed by atoms with Crippen LogP contribution < -0.4 is 4.89 Å². The number of hydrogen-bond donors (Lipinski definition) is 0. The fourth-order valence-electron chi connectivity index (χ4n) is 7.14. The highest BCUT2D eigenvalue weighted by Crippen LogP contribution is 2.38. The van der Waals surface area contributed by atoms with Gasteiger partial charge in [0.2, 0.25) is 0 Å². The van der Waals surface area contributed by atoms with Crippen LogP contribution >= 0.6 is 7.82 Å². The predicted octanol–water partition coefficient (Wildman–Crippen LogP) is 14.6. The molecular formula is C52H98NO8P. The first-order valence-corrected chi connectivity index (χ1v) is 27.2. The number of quaternary nitrogens is 1. The molecule has 0 aliphatic heterocycles. The summed E-state index contributed by atoms with van der Waals surface area (Å²) in [6.07, 6.45) is 51.9. The lowest BCUT2D eigenvalue weighted by atomic mass is 10.0. The second-order valence-electron chi connectivity index (χ2n) is 18.5. The van der Waals surface area contributed by atoms with Gasteiger partial charge in [0.1, 0.15) is 19.8 Å². The molecule has 0 saturated carbocycles. The third-order valence-electron chi connectivity index (χ3n) is 11.2. The van der Waals surface area contributed by atoms with Crippen molar-refractivity contribution in [3.05, 3.63) is 36.5 Å². The van der Waals surface area contributed by atoms with E-state index >= 15 is 0 Å². The Morgan fingerprint density at radius 1 is 0.500 bits per heavy atom. The highest BCUT2D eigenvalue weighted by Gasteiger charge is 2.21. The van der Waals surface area contributed by atoms with Gasteiger partial charge in [-0.05, 0) is 44.9 Å². The number of phosphoric acid groups is 1. The van der Waals surface area contributed by atoms with Crippen molar-refractivity contribution >= 4 is 19.8 Å². The first-order valence-electron chi connectivity index (χ1n) is 25.7. The van der Waals surface area contributed by atoms with Gasteiger partial charge in [-0.2, -0.15) is 0 Å². The highest BCUT2D eigenvalue weighted by molar-refractivity contribution is 7.45. The molecule has 1 unspecified atom stereocenters. The molecule has 0 N–H and O–H groups in total. The molecule has 0 spiro atoms. The number of likely N-dealkylation sites (N-methyl/N-ethyl adjacent to an activating group) is 1. The van der Waals surface area contributed by atoms with E-state index in [4.69, 9.17) is 18.5 Å². The smallest absolute Gasteiger partial charge is 0.306 e. The van der Waals surface area contributed by atoms with Crippen LogP contribution in [-0.4, -0.2) is 70.0 Å². The number of ether oxygens (including phenoxy) is 2. The van der Waals surface area contributed by atoms with Gasteiger partial charge in [-0.3, -0.25) is 14.2 Å². The van der Waals surface area contributed by atoms with E-state index in [-0.39, 0.29) is 26.1 Å². The molecule has 0 radical (unpaired) electrons. The van der Waals surface area contributed by atoms with Crippen molar-refractivity contribution < 1.29 is 42.1 Å². The molecule has 0 aromatic heterocycles. The normalized spacial score (nSPS) is 13.7. The molecule has 364 valence electrons. The minimum atomic E-state index is -4.64. The maximum atomic E-state index is 12.7. The average Bonchev–Trinajstić information content (AvgIpc) is 3.23. The van der Waals surface area contributed by atoms with Crippen LogP contribution in [0.2, 0.25) is 0 Å². The van der Waals surface area contributed by atoms with Crippen molar-refractivity contribution in [3.63, 3.8) is 0 Å². The Hall–Kier alpha value is -1.77. The number of unbranched alkanes of at least 4 members (excludes halogenated alkanes) is 27. The molecule has 0 aromatic carbocycles. The number of carbonyl (C=O) groups is 2. The van der Waals surface area contributed by atoms with Crippen LogP contribution in [0.5, 0.6) is 0 Å². The molecule has 0 aliphatic carbocycles. The molecule has 62 heavy (non-hydrogen) atoms.